The lowest BCUT2D eigenvalue weighted by Gasteiger charge is -2.24. The van der Waals surface area contributed by atoms with Crippen molar-refractivity contribution in [3.63, 3.8) is 0 Å². The van der Waals surface area contributed by atoms with Crippen LogP contribution in [0.25, 0.3) is 0 Å². The molecule has 2 amide bonds. The number of nitrogens with zero attached hydrogens (tertiary/aromatic N) is 2. The number of hydrogen-bond donors (Lipinski definition) is 1. The predicted molar refractivity (Wildman–Crippen MR) is 75.6 cm³/mol. The molecule has 5 nitrogen and oxygen atoms in total. The summed E-state index contributed by atoms with van der Waals surface area (Å²) in [4.78, 5) is 26.3. The molecule has 2 rings (SSSR count). The van der Waals surface area contributed by atoms with Gasteiger partial charge in [0.25, 0.3) is 0 Å². The highest BCUT2D eigenvalue weighted by molar-refractivity contribution is 6.30. The van der Waals surface area contributed by atoms with Gasteiger partial charge < -0.3 is 14.9 Å². The van der Waals surface area contributed by atoms with Gasteiger partial charge in [-0.1, -0.05) is 23.7 Å². The minimum atomic E-state index is -0.835. The van der Waals surface area contributed by atoms with E-state index in [1.165, 1.54) is 0 Å². The van der Waals surface area contributed by atoms with Crippen molar-refractivity contribution in [1.82, 2.24) is 9.80 Å². The zero-order valence-electron chi connectivity index (χ0n) is 11.3. The Balaban J connectivity index is 1.94. The molecule has 0 radical (unpaired) electrons. The Labute approximate surface area is 122 Å². The summed E-state index contributed by atoms with van der Waals surface area (Å²) < 4.78 is 0. The molecule has 1 saturated heterocycles. The molecule has 6 heteroatoms. The van der Waals surface area contributed by atoms with Gasteiger partial charge in [0.2, 0.25) is 0 Å². The number of urea groups is 1. The van der Waals surface area contributed by atoms with Gasteiger partial charge in [-0.05, 0) is 24.1 Å². The number of carboxylic acids is 1. The summed E-state index contributed by atoms with van der Waals surface area (Å²) in [6.07, 6.45) is 0.520. The van der Waals surface area contributed by atoms with Crippen LogP contribution in [0.3, 0.4) is 0 Å². The van der Waals surface area contributed by atoms with Gasteiger partial charge in [-0.2, -0.15) is 0 Å². The van der Waals surface area contributed by atoms with Crippen molar-refractivity contribution in [1.29, 1.82) is 0 Å². The molecule has 0 bridgehead atoms. The Hall–Kier alpha value is -1.75. The summed E-state index contributed by atoms with van der Waals surface area (Å²) in [5.74, 6) is -1.28. The number of halogens is 1. The second-order valence-electron chi connectivity index (χ2n) is 5.04. The van der Waals surface area contributed by atoms with Gasteiger partial charge in [-0.15, -0.1) is 0 Å². The quantitative estimate of drug-likeness (QED) is 0.931. The van der Waals surface area contributed by atoms with Gasteiger partial charge in [0.05, 0.1) is 5.92 Å². The van der Waals surface area contributed by atoms with Crippen LogP contribution in [-0.4, -0.2) is 47.0 Å². The summed E-state index contributed by atoms with van der Waals surface area (Å²) in [7, 11) is 1.71. The van der Waals surface area contributed by atoms with Crippen molar-refractivity contribution in [2.45, 2.75) is 13.0 Å². The fraction of sp³-hybridized carbons (Fsp3) is 0.429. The normalized spacial score (nSPS) is 18.1. The maximum Gasteiger partial charge on any atom is 0.320 e. The van der Waals surface area contributed by atoms with Gasteiger partial charge in [-0.25, -0.2) is 4.79 Å². The fourth-order valence-corrected chi connectivity index (χ4v) is 2.57. The van der Waals surface area contributed by atoms with Crippen molar-refractivity contribution in [2.75, 3.05) is 20.1 Å². The number of aliphatic carboxylic acids is 1. The SMILES string of the molecule is CN(Cc1cccc(Cl)c1)C(=O)N1CCC(C(=O)O)C1. The van der Waals surface area contributed by atoms with Gasteiger partial charge in [0.1, 0.15) is 0 Å². The van der Waals surface area contributed by atoms with Crippen molar-refractivity contribution >= 4 is 23.6 Å². The first-order valence-corrected chi connectivity index (χ1v) is 6.82. The molecule has 108 valence electrons. The van der Waals surface area contributed by atoms with Gasteiger partial charge in [0.15, 0.2) is 0 Å². The average molecular weight is 297 g/mol. The third-order valence-electron chi connectivity index (χ3n) is 3.44. The van der Waals surface area contributed by atoms with Crippen molar-refractivity contribution < 1.29 is 14.7 Å². The van der Waals surface area contributed by atoms with Crippen LogP contribution >= 0.6 is 11.6 Å². The molecule has 1 N–H and O–H groups in total. The number of benzene rings is 1. The maximum absolute atomic E-state index is 12.2. The molecule has 0 aromatic heterocycles. The molecule has 1 aliphatic heterocycles. The third-order valence-corrected chi connectivity index (χ3v) is 3.68. The van der Waals surface area contributed by atoms with E-state index in [4.69, 9.17) is 16.7 Å². The van der Waals surface area contributed by atoms with Gasteiger partial charge >= 0.3 is 12.0 Å². The number of carbonyl (C=O) groups excluding carboxylic acids is 1. The Morgan fingerprint density at radius 2 is 2.25 bits per heavy atom. The maximum atomic E-state index is 12.2. The molecule has 1 atom stereocenters. The third kappa shape index (κ3) is 3.42. The molecule has 1 aromatic rings. The topological polar surface area (TPSA) is 60.9 Å². The highest BCUT2D eigenvalue weighted by Crippen LogP contribution is 2.19. The minimum Gasteiger partial charge on any atom is -0.481 e. The van der Waals surface area contributed by atoms with Crippen LogP contribution in [0.15, 0.2) is 24.3 Å². The van der Waals surface area contributed by atoms with Gasteiger partial charge in [-0.3, -0.25) is 4.79 Å². The van der Waals surface area contributed by atoms with Crippen LogP contribution in [-0.2, 0) is 11.3 Å². The van der Waals surface area contributed by atoms with Crippen LogP contribution in [0, 0.1) is 5.92 Å². The van der Waals surface area contributed by atoms with Crippen LogP contribution in [0.2, 0.25) is 5.02 Å². The Kier molecular flexibility index (Phi) is 4.49. The second kappa shape index (κ2) is 6.13. The molecule has 1 heterocycles. The molecule has 1 fully saturated rings. The van der Waals surface area contributed by atoms with E-state index in [0.717, 1.165) is 5.56 Å². The number of carbonyl (C=O) groups is 2. The molecule has 1 unspecified atom stereocenters. The van der Waals surface area contributed by atoms with E-state index in [-0.39, 0.29) is 12.6 Å². The van der Waals surface area contributed by atoms with Gasteiger partial charge in [0, 0.05) is 31.7 Å². The summed E-state index contributed by atoms with van der Waals surface area (Å²) in [5, 5.41) is 9.59. The fourth-order valence-electron chi connectivity index (χ4n) is 2.35. The molecule has 20 heavy (non-hydrogen) atoms. The van der Waals surface area contributed by atoms with E-state index in [2.05, 4.69) is 0 Å². The van der Waals surface area contributed by atoms with Crippen molar-refractivity contribution in [2.24, 2.45) is 5.92 Å². The minimum absolute atomic E-state index is 0.145. The lowest BCUT2D eigenvalue weighted by atomic mass is 10.1. The Bertz CT molecular complexity index is 521. The summed E-state index contributed by atoms with van der Waals surface area (Å²) in [5.41, 5.74) is 0.947. The van der Waals surface area contributed by atoms with E-state index in [9.17, 15) is 9.59 Å². The first-order valence-electron chi connectivity index (χ1n) is 6.44. The van der Waals surface area contributed by atoms with E-state index in [1.54, 1.807) is 22.9 Å². The molecule has 1 aliphatic rings. The Morgan fingerprint density at radius 3 is 2.85 bits per heavy atom. The number of rotatable bonds is 3. The highest BCUT2D eigenvalue weighted by atomic mass is 35.5. The first-order chi connectivity index (χ1) is 9.47. The molecular weight excluding hydrogens is 280 g/mol. The zero-order valence-corrected chi connectivity index (χ0v) is 12.0. The smallest absolute Gasteiger partial charge is 0.320 e. The highest BCUT2D eigenvalue weighted by Gasteiger charge is 2.32. The lowest BCUT2D eigenvalue weighted by molar-refractivity contribution is -0.141. The van der Waals surface area contributed by atoms with Crippen LogP contribution in [0.1, 0.15) is 12.0 Å². The lowest BCUT2D eigenvalue weighted by Crippen LogP contribution is -2.39. The molecular formula is C14H17ClN2O3. The summed E-state index contributed by atoms with van der Waals surface area (Å²) in [6, 6.07) is 7.19. The summed E-state index contributed by atoms with van der Waals surface area (Å²) >= 11 is 5.91. The number of amides is 2. The molecule has 0 saturated carbocycles. The van der Waals surface area contributed by atoms with E-state index >= 15 is 0 Å². The molecule has 0 aliphatic carbocycles. The molecule has 0 spiro atoms. The number of likely N-dealkylation sites (tertiary alicyclic amines) is 1. The Morgan fingerprint density at radius 1 is 1.50 bits per heavy atom. The van der Waals surface area contributed by atoms with Crippen LogP contribution < -0.4 is 0 Å². The van der Waals surface area contributed by atoms with Crippen LogP contribution in [0.5, 0.6) is 0 Å². The second-order valence-corrected chi connectivity index (χ2v) is 5.47. The molecule has 1 aromatic carbocycles. The van der Waals surface area contributed by atoms with Crippen LogP contribution in [0.4, 0.5) is 4.79 Å². The van der Waals surface area contributed by atoms with Crippen molar-refractivity contribution in [3.8, 4) is 0 Å². The monoisotopic (exact) mass is 296 g/mol. The van der Waals surface area contributed by atoms with E-state index in [0.29, 0.717) is 24.5 Å². The predicted octanol–water partition coefficient (Wildman–Crippen LogP) is 2.30. The zero-order chi connectivity index (χ0) is 14.7. The summed E-state index contributed by atoms with van der Waals surface area (Å²) in [6.45, 7) is 1.23. The average Bonchev–Trinajstić information content (AvgIpc) is 2.87. The first kappa shape index (κ1) is 14.7. The number of hydrogen-bond acceptors (Lipinski definition) is 2. The van der Waals surface area contributed by atoms with E-state index in [1.807, 2.05) is 18.2 Å². The largest absolute Gasteiger partial charge is 0.481 e. The standard InChI is InChI=1S/C14H17ClN2O3/c1-16(8-10-3-2-4-12(15)7-10)14(20)17-6-5-11(9-17)13(18)19/h2-4,7,11H,5-6,8-9H2,1H3,(H,18,19). The van der Waals surface area contributed by atoms with E-state index < -0.39 is 11.9 Å². The number of carboxylic acid groups (broad SMARTS) is 1. The van der Waals surface area contributed by atoms with Crippen molar-refractivity contribution in [3.05, 3.63) is 34.9 Å².